The van der Waals surface area contributed by atoms with Gasteiger partial charge in [-0.15, -0.1) is 0 Å². The Morgan fingerprint density at radius 3 is 2.63 bits per heavy atom. The summed E-state index contributed by atoms with van der Waals surface area (Å²) in [5.41, 5.74) is 1.89. The van der Waals surface area contributed by atoms with Crippen LogP contribution in [0.4, 0.5) is 0 Å². The number of aliphatic carboxylic acids is 1. The molecule has 2 aromatic rings. The zero-order valence-corrected chi connectivity index (χ0v) is 12.2. The highest BCUT2D eigenvalue weighted by Crippen LogP contribution is 2.23. The first kappa shape index (κ1) is 13.8. The van der Waals surface area contributed by atoms with Gasteiger partial charge in [0.25, 0.3) is 0 Å². The second-order valence-electron chi connectivity index (χ2n) is 4.50. The largest absolute Gasteiger partial charge is 0.481 e. The number of benzene rings is 1. The van der Waals surface area contributed by atoms with E-state index in [1.807, 2.05) is 37.5 Å². The molecule has 0 aliphatic carbocycles. The summed E-state index contributed by atoms with van der Waals surface area (Å²) in [6.07, 6.45) is 4.98. The van der Waals surface area contributed by atoms with Gasteiger partial charge in [0.05, 0.1) is 12.1 Å². The first-order valence-corrected chi connectivity index (χ1v) is 6.81. The zero-order chi connectivity index (χ0) is 13.8. The number of halogens is 1. The summed E-state index contributed by atoms with van der Waals surface area (Å²) < 4.78 is 2.68. The molecule has 1 heterocycles. The summed E-state index contributed by atoms with van der Waals surface area (Å²) in [6, 6.07) is 7.45. The van der Waals surface area contributed by atoms with Crippen molar-refractivity contribution in [1.29, 1.82) is 0 Å². The molecule has 0 aliphatic rings. The molecule has 1 aromatic carbocycles. The Balaban J connectivity index is 2.08. The molecular weight excluding hydrogens is 308 g/mol. The number of hydrogen-bond donors (Lipinski definition) is 1. The molecule has 0 fully saturated rings. The van der Waals surface area contributed by atoms with E-state index >= 15 is 0 Å². The van der Waals surface area contributed by atoms with Gasteiger partial charge >= 0.3 is 5.97 Å². The fourth-order valence-electron chi connectivity index (χ4n) is 2.04. The predicted octanol–water partition coefficient (Wildman–Crippen LogP) is 2.98. The van der Waals surface area contributed by atoms with Gasteiger partial charge in [0.1, 0.15) is 0 Å². The number of carboxylic acids is 1. The SMILES string of the molecule is Cn1cc(CCC(C(=O)O)c2ccc(Br)cc2)cn1. The Kier molecular flexibility index (Phi) is 4.37. The third-order valence-corrected chi connectivity index (χ3v) is 3.58. The summed E-state index contributed by atoms with van der Waals surface area (Å²) >= 11 is 3.35. The number of hydrogen-bond acceptors (Lipinski definition) is 2. The molecule has 0 saturated carbocycles. The molecule has 1 unspecified atom stereocenters. The van der Waals surface area contributed by atoms with E-state index in [0.717, 1.165) is 15.6 Å². The van der Waals surface area contributed by atoms with Crippen LogP contribution in [0.15, 0.2) is 41.1 Å². The number of aromatic nitrogens is 2. The normalized spacial score (nSPS) is 12.3. The van der Waals surface area contributed by atoms with Crippen molar-refractivity contribution < 1.29 is 9.90 Å². The topological polar surface area (TPSA) is 55.1 Å². The van der Waals surface area contributed by atoms with E-state index in [9.17, 15) is 9.90 Å². The monoisotopic (exact) mass is 322 g/mol. The van der Waals surface area contributed by atoms with E-state index in [4.69, 9.17) is 0 Å². The molecule has 0 spiro atoms. The molecular formula is C14H15BrN2O2. The highest BCUT2D eigenvalue weighted by atomic mass is 79.9. The van der Waals surface area contributed by atoms with Crippen LogP contribution >= 0.6 is 15.9 Å². The molecule has 0 aliphatic heterocycles. The summed E-state index contributed by atoms with van der Waals surface area (Å²) in [6.45, 7) is 0. The fourth-order valence-corrected chi connectivity index (χ4v) is 2.30. The smallest absolute Gasteiger partial charge is 0.310 e. The summed E-state index contributed by atoms with van der Waals surface area (Å²) in [5, 5.41) is 13.4. The Morgan fingerprint density at radius 2 is 2.11 bits per heavy atom. The van der Waals surface area contributed by atoms with Gasteiger partial charge < -0.3 is 5.11 Å². The van der Waals surface area contributed by atoms with Gasteiger partial charge in [-0.05, 0) is 36.1 Å². The quantitative estimate of drug-likeness (QED) is 0.920. The molecule has 5 heteroatoms. The lowest BCUT2D eigenvalue weighted by Gasteiger charge is -2.12. The van der Waals surface area contributed by atoms with Crippen LogP contribution < -0.4 is 0 Å². The second kappa shape index (κ2) is 6.02. The van der Waals surface area contributed by atoms with Gasteiger partial charge in [0, 0.05) is 17.7 Å². The van der Waals surface area contributed by atoms with E-state index in [1.54, 1.807) is 10.9 Å². The van der Waals surface area contributed by atoms with Crippen molar-refractivity contribution in [3.63, 3.8) is 0 Å². The van der Waals surface area contributed by atoms with Crippen molar-refractivity contribution in [3.8, 4) is 0 Å². The van der Waals surface area contributed by atoms with E-state index in [2.05, 4.69) is 21.0 Å². The van der Waals surface area contributed by atoms with Crippen LogP contribution in [0.5, 0.6) is 0 Å². The van der Waals surface area contributed by atoms with Crippen molar-refractivity contribution in [3.05, 3.63) is 52.3 Å². The van der Waals surface area contributed by atoms with E-state index in [1.165, 1.54) is 0 Å². The molecule has 0 bridgehead atoms. The number of aryl methyl sites for hydroxylation is 2. The molecule has 19 heavy (non-hydrogen) atoms. The first-order chi connectivity index (χ1) is 9.06. The van der Waals surface area contributed by atoms with Crippen LogP contribution in [-0.2, 0) is 18.3 Å². The van der Waals surface area contributed by atoms with Gasteiger partial charge in [-0.3, -0.25) is 9.48 Å². The van der Waals surface area contributed by atoms with Crippen molar-refractivity contribution >= 4 is 21.9 Å². The molecule has 1 atom stereocenters. The summed E-state index contributed by atoms with van der Waals surface area (Å²) in [5.74, 6) is -1.26. The minimum atomic E-state index is -0.786. The van der Waals surface area contributed by atoms with Gasteiger partial charge in [0.2, 0.25) is 0 Å². The van der Waals surface area contributed by atoms with Crippen LogP contribution in [0.3, 0.4) is 0 Å². The minimum absolute atomic E-state index is 0.478. The lowest BCUT2D eigenvalue weighted by molar-refractivity contribution is -0.138. The van der Waals surface area contributed by atoms with Gasteiger partial charge in [-0.1, -0.05) is 28.1 Å². The number of carbonyl (C=O) groups is 1. The van der Waals surface area contributed by atoms with E-state index in [-0.39, 0.29) is 0 Å². The Hall–Kier alpha value is -1.62. The molecule has 2 rings (SSSR count). The van der Waals surface area contributed by atoms with Gasteiger partial charge in [-0.2, -0.15) is 5.10 Å². The number of carboxylic acid groups (broad SMARTS) is 1. The van der Waals surface area contributed by atoms with Crippen LogP contribution in [0.25, 0.3) is 0 Å². The lowest BCUT2D eigenvalue weighted by atomic mass is 9.93. The highest BCUT2D eigenvalue weighted by Gasteiger charge is 2.19. The predicted molar refractivity (Wildman–Crippen MR) is 76.0 cm³/mol. The molecule has 1 N–H and O–H groups in total. The van der Waals surface area contributed by atoms with Crippen molar-refractivity contribution in [2.45, 2.75) is 18.8 Å². The molecule has 4 nitrogen and oxygen atoms in total. The van der Waals surface area contributed by atoms with Crippen molar-refractivity contribution in [2.75, 3.05) is 0 Å². The highest BCUT2D eigenvalue weighted by molar-refractivity contribution is 9.10. The maximum Gasteiger partial charge on any atom is 0.310 e. The Labute approximate surface area is 120 Å². The van der Waals surface area contributed by atoms with Gasteiger partial charge in [0.15, 0.2) is 0 Å². The standard InChI is InChI=1S/C14H15BrN2O2/c1-17-9-10(8-16-17)2-7-13(14(18)19)11-3-5-12(15)6-4-11/h3-6,8-9,13H,2,7H2,1H3,(H,18,19). The third-order valence-electron chi connectivity index (χ3n) is 3.05. The van der Waals surface area contributed by atoms with Crippen LogP contribution in [-0.4, -0.2) is 20.9 Å². The lowest BCUT2D eigenvalue weighted by Crippen LogP contribution is -2.12. The average Bonchev–Trinajstić information content (AvgIpc) is 2.77. The Bertz CT molecular complexity index is 563. The Morgan fingerprint density at radius 1 is 1.42 bits per heavy atom. The summed E-state index contributed by atoms with van der Waals surface area (Å²) in [4.78, 5) is 11.4. The zero-order valence-electron chi connectivity index (χ0n) is 10.6. The van der Waals surface area contributed by atoms with Crippen molar-refractivity contribution in [1.82, 2.24) is 9.78 Å². The fraction of sp³-hybridized carbons (Fsp3) is 0.286. The minimum Gasteiger partial charge on any atom is -0.481 e. The van der Waals surface area contributed by atoms with E-state index < -0.39 is 11.9 Å². The molecule has 0 saturated heterocycles. The molecule has 100 valence electrons. The van der Waals surface area contributed by atoms with Crippen molar-refractivity contribution in [2.24, 2.45) is 7.05 Å². The molecule has 1 aromatic heterocycles. The number of rotatable bonds is 5. The number of nitrogens with zero attached hydrogens (tertiary/aromatic N) is 2. The van der Waals surface area contributed by atoms with Gasteiger partial charge in [-0.25, -0.2) is 0 Å². The maximum atomic E-state index is 11.4. The second-order valence-corrected chi connectivity index (χ2v) is 5.42. The molecule has 0 amide bonds. The third kappa shape index (κ3) is 3.67. The van der Waals surface area contributed by atoms with Crippen LogP contribution in [0, 0.1) is 0 Å². The average molecular weight is 323 g/mol. The van der Waals surface area contributed by atoms with Crippen LogP contribution in [0.1, 0.15) is 23.5 Å². The molecule has 0 radical (unpaired) electrons. The van der Waals surface area contributed by atoms with E-state index in [0.29, 0.717) is 12.8 Å². The summed E-state index contributed by atoms with van der Waals surface area (Å²) in [7, 11) is 1.85. The van der Waals surface area contributed by atoms with Crippen LogP contribution in [0.2, 0.25) is 0 Å². The maximum absolute atomic E-state index is 11.4. The first-order valence-electron chi connectivity index (χ1n) is 6.02.